The molecule has 1 atom stereocenters. The van der Waals surface area contributed by atoms with E-state index in [1.807, 2.05) is 6.26 Å². The Morgan fingerprint density at radius 3 is 2.90 bits per heavy atom. The number of hydrogen-bond donors (Lipinski definition) is 1. The largest absolute Gasteiger partial charge is 0.309 e. The summed E-state index contributed by atoms with van der Waals surface area (Å²) in [5.74, 6) is 0.324. The van der Waals surface area contributed by atoms with E-state index in [1.165, 1.54) is 0 Å². The Hall–Kier alpha value is 0.110. The molecule has 0 saturated heterocycles. The van der Waals surface area contributed by atoms with E-state index in [2.05, 4.69) is 0 Å². The van der Waals surface area contributed by atoms with Crippen molar-refractivity contribution >= 4 is 33.9 Å². The number of thioether (sulfide) groups is 1. The summed E-state index contributed by atoms with van der Waals surface area (Å²) in [5, 5.41) is 7.54. The highest BCUT2D eigenvalue weighted by atomic mass is 32.2. The summed E-state index contributed by atoms with van der Waals surface area (Å²) in [7, 11) is 0. The van der Waals surface area contributed by atoms with E-state index in [0.717, 1.165) is 29.2 Å². The van der Waals surface area contributed by atoms with Crippen LogP contribution in [0.1, 0.15) is 19.3 Å². The Morgan fingerprint density at radius 2 is 2.50 bits per heavy atom. The van der Waals surface area contributed by atoms with Gasteiger partial charge in [-0.05, 0) is 25.5 Å². The molecule has 0 amide bonds. The van der Waals surface area contributed by atoms with E-state index >= 15 is 0 Å². The predicted octanol–water partition coefficient (Wildman–Crippen LogP) is 2.50. The van der Waals surface area contributed by atoms with Gasteiger partial charge in [0.05, 0.1) is 4.20 Å². The Kier molecular flexibility index (Phi) is 2.86. The highest BCUT2D eigenvalue weighted by Gasteiger charge is 2.23. The van der Waals surface area contributed by atoms with Gasteiger partial charge in [-0.2, -0.15) is 0 Å². The fourth-order valence-corrected chi connectivity index (χ4v) is 2.05. The van der Waals surface area contributed by atoms with E-state index in [0.29, 0.717) is 5.92 Å². The smallest absolute Gasteiger partial charge is 0.0562 e. The molecule has 0 heterocycles. The first-order valence-electron chi connectivity index (χ1n) is 3.41. The fraction of sp³-hybridized carbons (Fsp3) is 0.714. The highest BCUT2D eigenvalue weighted by molar-refractivity contribution is 8.22. The molecule has 10 heavy (non-hydrogen) atoms. The Balaban J connectivity index is 2.55. The Bertz CT molecular complexity index is 165. The molecule has 1 aliphatic rings. The average molecular weight is 173 g/mol. The molecular weight excluding hydrogens is 162 g/mol. The SMILES string of the molecule is CSC(=S)C1CCCC1=N. The zero-order chi connectivity index (χ0) is 7.56. The van der Waals surface area contributed by atoms with Crippen LogP contribution in [-0.4, -0.2) is 16.2 Å². The first kappa shape index (κ1) is 8.21. The summed E-state index contributed by atoms with van der Waals surface area (Å²) in [6.07, 6.45) is 5.22. The molecule has 0 bridgehead atoms. The zero-order valence-corrected chi connectivity index (χ0v) is 7.65. The van der Waals surface area contributed by atoms with Gasteiger partial charge in [-0.25, -0.2) is 0 Å². The van der Waals surface area contributed by atoms with E-state index in [1.54, 1.807) is 11.8 Å². The zero-order valence-electron chi connectivity index (χ0n) is 6.02. The molecule has 1 aliphatic carbocycles. The molecule has 1 unspecified atom stereocenters. The molecular formula is C7H11NS2. The predicted molar refractivity (Wildman–Crippen MR) is 51.2 cm³/mol. The van der Waals surface area contributed by atoms with Crippen LogP contribution < -0.4 is 0 Å². The molecule has 1 N–H and O–H groups in total. The van der Waals surface area contributed by atoms with Gasteiger partial charge in [0.15, 0.2) is 0 Å². The highest BCUT2D eigenvalue weighted by Crippen LogP contribution is 2.26. The van der Waals surface area contributed by atoms with Crippen LogP contribution in [0.25, 0.3) is 0 Å². The molecule has 0 aromatic carbocycles. The van der Waals surface area contributed by atoms with Gasteiger partial charge in [0.2, 0.25) is 0 Å². The molecule has 1 saturated carbocycles. The molecule has 0 radical (unpaired) electrons. The summed E-state index contributed by atoms with van der Waals surface area (Å²) >= 11 is 6.73. The lowest BCUT2D eigenvalue weighted by Gasteiger charge is -2.07. The van der Waals surface area contributed by atoms with E-state index < -0.39 is 0 Å². The van der Waals surface area contributed by atoms with Crippen LogP contribution >= 0.6 is 24.0 Å². The standard InChI is InChI=1S/C7H11NS2/c1-10-7(9)5-3-2-4-6(5)8/h5,8H,2-4H2,1H3. The number of thiocarbonyl (C=S) groups is 1. The third-order valence-corrected chi connectivity index (χ3v) is 3.32. The van der Waals surface area contributed by atoms with Crippen LogP contribution in [0.5, 0.6) is 0 Å². The van der Waals surface area contributed by atoms with Gasteiger partial charge < -0.3 is 5.41 Å². The third kappa shape index (κ3) is 1.58. The molecule has 3 heteroatoms. The maximum Gasteiger partial charge on any atom is 0.0562 e. The van der Waals surface area contributed by atoms with Crippen molar-refractivity contribution in [2.75, 3.05) is 6.26 Å². The minimum atomic E-state index is 0.324. The summed E-state index contributed by atoms with van der Waals surface area (Å²) in [5.41, 5.74) is 0.847. The van der Waals surface area contributed by atoms with Crippen LogP contribution in [-0.2, 0) is 0 Å². The van der Waals surface area contributed by atoms with Crippen LogP contribution in [0.4, 0.5) is 0 Å². The Labute approximate surface area is 71.1 Å². The van der Waals surface area contributed by atoms with Crippen LogP contribution in [0.15, 0.2) is 0 Å². The van der Waals surface area contributed by atoms with Gasteiger partial charge in [0.1, 0.15) is 0 Å². The van der Waals surface area contributed by atoms with Crippen LogP contribution in [0.3, 0.4) is 0 Å². The number of hydrogen-bond acceptors (Lipinski definition) is 3. The van der Waals surface area contributed by atoms with Crippen molar-refractivity contribution in [2.24, 2.45) is 5.92 Å². The van der Waals surface area contributed by atoms with Crippen molar-refractivity contribution in [1.29, 1.82) is 5.41 Å². The number of rotatable bonds is 1. The van der Waals surface area contributed by atoms with Crippen molar-refractivity contribution in [1.82, 2.24) is 0 Å². The second-order valence-electron chi connectivity index (χ2n) is 2.49. The van der Waals surface area contributed by atoms with E-state index in [9.17, 15) is 0 Å². The van der Waals surface area contributed by atoms with Crippen LogP contribution in [0, 0.1) is 11.3 Å². The Morgan fingerprint density at radius 1 is 1.80 bits per heavy atom. The first-order chi connectivity index (χ1) is 4.75. The monoisotopic (exact) mass is 173 g/mol. The topological polar surface area (TPSA) is 23.9 Å². The molecule has 0 aromatic heterocycles. The summed E-state index contributed by atoms with van der Waals surface area (Å²) < 4.78 is 1.00. The van der Waals surface area contributed by atoms with Crippen molar-refractivity contribution in [3.63, 3.8) is 0 Å². The van der Waals surface area contributed by atoms with Crippen molar-refractivity contribution in [3.8, 4) is 0 Å². The van der Waals surface area contributed by atoms with Gasteiger partial charge in [-0.3, -0.25) is 0 Å². The minimum absolute atomic E-state index is 0.324. The van der Waals surface area contributed by atoms with Gasteiger partial charge in [0.25, 0.3) is 0 Å². The van der Waals surface area contributed by atoms with E-state index in [4.69, 9.17) is 17.6 Å². The van der Waals surface area contributed by atoms with Gasteiger partial charge in [-0.1, -0.05) is 12.2 Å². The first-order valence-corrected chi connectivity index (χ1v) is 5.04. The quantitative estimate of drug-likeness (QED) is 0.616. The van der Waals surface area contributed by atoms with Crippen molar-refractivity contribution in [2.45, 2.75) is 19.3 Å². The lowest BCUT2D eigenvalue weighted by atomic mass is 10.1. The van der Waals surface area contributed by atoms with Gasteiger partial charge in [-0.15, -0.1) is 11.8 Å². The lowest BCUT2D eigenvalue weighted by Crippen LogP contribution is -2.12. The summed E-state index contributed by atoms with van der Waals surface area (Å²) in [6.45, 7) is 0. The van der Waals surface area contributed by atoms with Gasteiger partial charge in [0, 0.05) is 11.6 Å². The van der Waals surface area contributed by atoms with Crippen molar-refractivity contribution in [3.05, 3.63) is 0 Å². The minimum Gasteiger partial charge on any atom is -0.309 e. The molecule has 56 valence electrons. The lowest BCUT2D eigenvalue weighted by molar-refractivity contribution is 0.825. The fourth-order valence-electron chi connectivity index (χ4n) is 1.25. The third-order valence-electron chi connectivity index (χ3n) is 1.85. The average Bonchev–Trinajstić information content (AvgIpc) is 2.34. The van der Waals surface area contributed by atoms with E-state index in [-0.39, 0.29) is 0 Å². The molecule has 1 rings (SSSR count). The van der Waals surface area contributed by atoms with Gasteiger partial charge >= 0.3 is 0 Å². The maximum atomic E-state index is 7.54. The molecule has 0 aromatic rings. The van der Waals surface area contributed by atoms with Crippen molar-refractivity contribution < 1.29 is 0 Å². The molecule has 0 spiro atoms. The second-order valence-corrected chi connectivity index (χ2v) is 4.04. The second kappa shape index (κ2) is 3.49. The maximum absolute atomic E-state index is 7.54. The number of nitrogens with one attached hydrogen (secondary N) is 1. The summed E-state index contributed by atoms with van der Waals surface area (Å²) in [6, 6.07) is 0. The molecule has 0 aliphatic heterocycles. The molecule has 1 fully saturated rings. The van der Waals surface area contributed by atoms with Crippen LogP contribution in [0.2, 0.25) is 0 Å². The molecule has 1 nitrogen and oxygen atoms in total. The summed E-state index contributed by atoms with van der Waals surface area (Å²) in [4.78, 5) is 0. The normalized spacial score (nSPS) is 25.3.